The van der Waals surface area contributed by atoms with Gasteiger partial charge in [0.2, 0.25) is 5.91 Å². The molecule has 0 atom stereocenters. The number of aryl methyl sites for hydroxylation is 3. The Labute approximate surface area is 210 Å². The topological polar surface area (TPSA) is 105 Å². The standard InChI is InChI=1S/C27H32N6O3/c1-7-33-25-23(27(35)32(5)12-11-22-16(2)30-31-17(22)3)14-20(28-18(4)34)15-24(25)29-26(33)19-9-8-10-21(13-19)36-6/h8-10,13-15H,7,11-12H2,1-6H3,(H,28,34)(H,30,31). The number of H-pyrrole nitrogens is 1. The molecule has 2 N–H and O–H groups in total. The Morgan fingerprint density at radius 1 is 1.19 bits per heavy atom. The minimum absolute atomic E-state index is 0.141. The van der Waals surface area contributed by atoms with Crippen molar-refractivity contribution < 1.29 is 14.3 Å². The second-order valence-corrected chi connectivity index (χ2v) is 8.87. The SMILES string of the molecule is CCn1c(-c2cccc(OC)c2)nc2cc(NC(C)=O)cc(C(=O)N(C)CCc3c(C)n[nH]c3C)c21. The van der Waals surface area contributed by atoms with E-state index in [0.29, 0.717) is 36.3 Å². The van der Waals surface area contributed by atoms with Crippen molar-refractivity contribution in [3.63, 3.8) is 0 Å². The predicted molar refractivity (Wildman–Crippen MR) is 140 cm³/mol. The molecule has 2 heterocycles. The number of imidazole rings is 1. The molecule has 9 nitrogen and oxygen atoms in total. The summed E-state index contributed by atoms with van der Waals surface area (Å²) in [6.07, 6.45) is 0.688. The molecule has 0 saturated heterocycles. The van der Waals surface area contributed by atoms with Gasteiger partial charge in [-0.3, -0.25) is 14.7 Å². The van der Waals surface area contributed by atoms with Gasteiger partial charge in [0.1, 0.15) is 11.6 Å². The van der Waals surface area contributed by atoms with Gasteiger partial charge in [0.05, 0.1) is 29.4 Å². The molecule has 0 saturated carbocycles. The molecule has 2 amide bonds. The molecule has 2 aromatic carbocycles. The van der Waals surface area contributed by atoms with Crippen molar-refractivity contribution in [2.45, 2.75) is 40.7 Å². The van der Waals surface area contributed by atoms with E-state index in [9.17, 15) is 9.59 Å². The van der Waals surface area contributed by atoms with Crippen LogP contribution >= 0.6 is 0 Å². The van der Waals surface area contributed by atoms with E-state index in [1.54, 1.807) is 25.1 Å². The van der Waals surface area contributed by atoms with E-state index < -0.39 is 0 Å². The molecule has 0 aliphatic heterocycles. The molecular formula is C27H32N6O3. The van der Waals surface area contributed by atoms with Gasteiger partial charge < -0.3 is 19.5 Å². The minimum Gasteiger partial charge on any atom is -0.497 e. The number of likely N-dealkylation sites (N-methyl/N-ethyl adjacent to an activating group) is 1. The van der Waals surface area contributed by atoms with E-state index >= 15 is 0 Å². The molecule has 0 fully saturated rings. The molecular weight excluding hydrogens is 456 g/mol. The van der Waals surface area contributed by atoms with E-state index in [0.717, 1.165) is 39.6 Å². The molecule has 2 aromatic heterocycles. The Bertz CT molecular complexity index is 1420. The van der Waals surface area contributed by atoms with Crippen molar-refractivity contribution in [3.8, 4) is 17.1 Å². The fraction of sp³-hybridized carbons (Fsp3) is 0.333. The molecule has 0 aliphatic carbocycles. The Balaban J connectivity index is 1.80. The zero-order valence-electron chi connectivity index (χ0n) is 21.6. The number of aromatic amines is 1. The highest BCUT2D eigenvalue weighted by Crippen LogP contribution is 2.32. The summed E-state index contributed by atoms with van der Waals surface area (Å²) in [5.74, 6) is 1.10. The first-order chi connectivity index (χ1) is 17.2. The Hall–Kier alpha value is -4.14. The van der Waals surface area contributed by atoms with E-state index in [-0.39, 0.29) is 11.8 Å². The third-order valence-corrected chi connectivity index (χ3v) is 6.36. The van der Waals surface area contributed by atoms with Crippen LogP contribution in [0.3, 0.4) is 0 Å². The van der Waals surface area contributed by atoms with Crippen molar-refractivity contribution in [3.05, 3.63) is 58.9 Å². The smallest absolute Gasteiger partial charge is 0.255 e. The van der Waals surface area contributed by atoms with E-state index in [1.165, 1.54) is 6.92 Å². The number of ether oxygens (including phenoxy) is 1. The molecule has 0 unspecified atom stereocenters. The predicted octanol–water partition coefficient (Wildman–Crippen LogP) is 4.34. The maximum absolute atomic E-state index is 13.8. The monoisotopic (exact) mass is 488 g/mol. The fourth-order valence-corrected chi connectivity index (χ4v) is 4.53. The zero-order chi connectivity index (χ0) is 26.0. The van der Waals surface area contributed by atoms with Gasteiger partial charge in [-0.05, 0) is 57.0 Å². The molecule has 0 radical (unpaired) electrons. The summed E-state index contributed by atoms with van der Waals surface area (Å²) in [4.78, 5) is 32.2. The van der Waals surface area contributed by atoms with Gasteiger partial charge in [-0.25, -0.2) is 4.98 Å². The minimum atomic E-state index is -0.213. The normalized spacial score (nSPS) is 11.1. The van der Waals surface area contributed by atoms with Crippen LogP contribution in [0.15, 0.2) is 36.4 Å². The van der Waals surface area contributed by atoms with E-state index in [1.807, 2.05) is 55.7 Å². The third-order valence-electron chi connectivity index (χ3n) is 6.36. The lowest BCUT2D eigenvalue weighted by Gasteiger charge is -2.19. The van der Waals surface area contributed by atoms with Gasteiger partial charge in [-0.2, -0.15) is 5.10 Å². The van der Waals surface area contributed by atoms with Gasteiger partial charge in [0.25, 0.3) is 5.91 Å². The van der Waals surface area contributed by atoms with Gasteiger partial charge in [0, 0.05) is 44.0 Å². The number of aromatic nitrogens is 4. The quantitative estimate of drug-likeness (QED) is 0.384. The highest BCUT2D eigenvalue weighted by molar-refractivity contribution is 6.08. The fourth-order valence-electron chi connectivity index (χ4n) is 4.53. The largest absolute Gasteiger partial charge is 0.497 e. The summed E-state index contributed by atoms with van der Waals surface area (Å²) in [5.41, 5.74) is 6.34. The molecule has 4 rings (SSSR count). The van der Waals surface area contributed by atoms with Crippen molar-refractivity contribution >= 4 is 28.5 Å². The van der Waals surface area contributed by atoms with Gasteiger partial charge in [0.15, 0.2) is 0 Å². The highest BCUT2D eigenvalue weighted by atomic mass is 16.5. The van der Waals surface area contributed by atoms with Crippen LogP contribution in [-0.2, 0) is 17.8 Å². The second kappa shape index (κ2) is 10.2. The lowest BCUT2D eigenvalue weighted by atomic mass is 10.1. The van der Waals surface area contributed by atoms with E-state index in [4.69, 9.17) is 9.72 Å². The summed E-state index contributed by atoms with van der Waals surface area (Å²) >= 11 is 0. The van der Waals surface area contributed by atoms with Crippen LogP contribution in [-0.4, -0.2) is 57.2 Å². The average molecular weight is 489 g/mol. The first-order valence-electron chi connectivity index (χ1n) is 12.0. The average Bonchev–Trinajstić information content (AvgIpc) is 3.40. The molecule has 0 bridgehead atoms. The molecule has 0 spiro atoms. The van der Waals surface area contributed by atoms with Crippen molar-refractivity contribution in [1.29, 1.82) is 0 Å². The van der Waals surface area contributed by atoms with Crippen LogP contribution < -0.4 is 10.1 Å². The number of fused-ring (bicyclic) bond motifs is 1. The Kier molecular flexibility index (Phi) is 7.10. The Morgan fingerprint density at radius 3 is 2.61 bits per heavy atom. The molecule has 4 aromatic rings. The van der Waals surface area contributed by atoms with E-state index in [2.05, 4.69) is 15.5 Å². The summed E-state index contributed by atoms with van der Waals surface area (Å²) in [5, 5.41) is 10.1. The number of rotatable bonds is 8. The lowest BCUT2D eigenvalue weighted by molar-refractivity contribution is -0.114. The lowest BCUT2D eigenvalue weighted by Crippen LogP contribution is -2.29. The van der Waals surface area contributed by atoms with Gasteiger partial charge >= 0.3 is 0 Å². The first-order valence-corrected chi connectivity index (χ1v) is 12.0. The highest BCUT2D eigenvalue weighted by Gasteiger charge is 2.23. The van der Waals surface area contributed by atoms with Crippen molar-refractivity contribution in [1.82, 2.24) is 24.6 Å². The number of methoxy groups -OCH3 is 1. The maximum atomic E-state index is 13.8. The number of carbonyl (C=O) groups excluding carboxylic acids is 2. The zero-order valence-corrected chi connectivity index (χ0v) is 21.6. The van der Waals surface area contributed by atoms with Crippen LogP contribution in [0.5, 0.6) is 5.75 Å². The molecule has 0 aliphatic rings. The first kappa shape index (κ1) is 25.0. The van der Waals surface area contributed by atoms with Crippen LogP contribution in [0, 0.1) is 13.8 Å². The third kappa shape index (κ3) is 4.82. The van der Waals surface area contributed by atoms with Gasteiger partial charge in [-0.1, -0.05) is 12.1 Å². The number of anilines is 1. The molecule has 9 heteroatoms. The number of nitrogens with zero attached hydrogens (tertiary/aromatic N) is 4. The number of nitrogens with one attached hydrogen (secondary N) is 2. The van der Waals surface area contributed by atoms with Crippen LogP contribution in [0.4, 0.5) is 5.69 Å². The van der Waals surface area contributed by atoms with Crippen molar-refractivity contribution in [2.24, 2.45) is 0 Å². The molecule has 36 heavy (non-hydrogen) atoms. The number of hydrogen-bond acceptors (Lipinski definition) is 5. The maximum Gasteiger partial charge on any atom is 0.255 e. The van der Waals surface area contributed by atoms with Crippen LogP contribution in [0.2, 0.25) is 0 Å². The summed E-state index contributed by atoms with van der Waals surface area (Å²) in [6, 6.07) is 11.2. The summed E-state index contributed by atoms with van der Waals surface area (Å²) < 4.78 is 7.44. The summed E-state index contributed by atoms with van der Waals surface area (Å²) in [6.45, 7) is 8.54. The number of benzene rings is 2. The van der Waals surface area contributed by atoms with Crippen LogP contribution in [0.1, 0.15) is 41.2 Å². The number of carbonyl (C=O) groups is 2. The van der Waals surface area contributed by atoms with Crippen LogP contribution in [0.25, 0.3) is 22.4 Å². The number of amides is 2. The number of hydrogen-bond donors (Lipinski definition) is 2. The van der Waals surface area contributed by atoms with Crippen molar-refractivity contribution in [2.75, 3.05) is 26.0 Å². The van der Waals surface area contributed by atoms with Gasteiger partial charge in [-0.15, -0.1) is 0 Å². The summed E-state index contributed by atoms with van der Waals surface area (Å²) in [7, 11) is 3.42. The second-order valence-electron chi connectivity index (χ2n) is 8.87. The Morgan fingerprint density at radius 2 is 1.97 bits per heavy atom. The molecule has 188 valence electrons.